The van der Waals surface area contributed by atoms with Gasteiger partial charge in [0.15, 0.2) is 11.5 Å². The number of rotatable bonds is 0. The molecule has 1 aromatic carbocycles. The van der Waals surface area contributed by atoms with Gasteiger partial charge in [-0.1, -0.05) is 13.0 Å². The zero-order valence-corrected chi connectivity index (χ0v) is 12.1. The first-order valence-electron chi connectivity index (χ1n) is 9.68. The van der Waals surface area contributed by atoms with E-state index in [1.807, 2.05) is 6.92 Å². The highest BCUT2D eigenvalue weighted by Gasteiger charge is 2.54. The van der Waals surface area contributed by atoms with Gasteiger partial charge in [-0.15, -0.1) is 0 Å². The quantitative estimate of drug-likeness (QED) is 0.719. The Hall–Kier alpha value is -1.51. The van der Waals surface area contributed by atoms with Gasteiger partial charge in [-0.2, -0.15) is 0 Å². The molecule has 0 heterocycles. The molecule has 0 radical (unpaired) electrons. The van der Waals surface area contributed by atoms with Crippen LogP contribution in [0.5, 0.6) is 11.5 Å². The first-order chi connectivity index (χ1) is 11.6. The Morgan fingerprint density at radius 2 is 2.14 bits per heavy atom. The van der Waals surface area contributed by atoms with Crippen molar-refractivity contribution in [1.29, 1.82) is 0 Å². The molecule has 2 saturated carbocycles. The highest BCUT2D eigenvalue weighted by atomic mass is 16.3. The Balaban J connectivity index is 1.82. The van der Waals surface area contributed by atoms with E-state index in [0.717, 1.165) is 0 Å². The molecule has 2 N–H and O–H groups in total. The van der Waals surface area contributed by atoms with Crippen LogP contribution in [0.25, 0.3) is 0 Å². The summed E-state index contributed by atoms with van der Waals surface area (Å²) >= 11 is 0. The highest BCUT2D eigenvalue weighted by molar-refractivity contribution is 5.87. The lowest BCUT2D eigenvalue weighted by Gasteiger charge is -2.48. The van der Waals surface area contributed by atoms with E-state index in [4.69, 9.17) is 5.48 Å². The molecular formula is C18H22O3. The molecule has 0 aromatic heterocycles. The van der Waals surface area contributed by atoms with Crippen molar-refractivity contribution in [2.45, 2.75) is 51.3 Å². The van der Waals surface area contributed by atoms with Gasteiger partial charge in [0.05, 0.1) is 2.74 Å². The van der Waals surface area contributed by atoms with Crippen molar-refractivity contribution in [1.82, 2.24) is 0 Å². The van der Waals surface area contributed by atoms with Crippen LogP contribution in [-0.4, -0.2) is 16.0 Å². The maximum absolute atomic E-state index is 12.6. The van der Waals surface area contributed by atoms with Gasteiger partial charge in [0, 0.05) is 20.1 Å². The summed E-state index contributed by atoms with van der Waals surface area (Å²) < 4.78 is 32.3. The van der Waals surface area contributed by atoms with E-state index in [1.54, 1.807) is 0 Å². The smallest absolute Gasteiger partial charge is 0.160 e. The van der Waals surface area contributed by atoms with Crippen LogP contribution in [0.2, 0.25) is 0 Å². The highest BCUT2D eigenvalue weighted by Crippen LogP contribution is 2.60. The van der Waals surface area contributed by atoms with Gasteiger partial charge >= 0.3 is 0 Å². The zero-order chi connectivity index (χ0) is 18.3. The van der Waals surface area contributed by atoms with E-state index in [-0.39, 0.29) is 47.8 Å². The molecule has 0 amide bonds. The number of fused-ring (bicyclic) bond motifs is 5. The summed E-state index contributed by atoms with van der Waals surface area (Å²) in [7, 11) is 0. The minimum absolute atomic E-state index is 0.0454. The predicted octanol–water partition coefficient (Wildman–Crippen LogP) is 3.52. The average Bonchev–Trinajstić information content (AvgIpc) is 2.77. The Morgan fingerprint density at radius 3 is 2.95 bits per heavy atom. The maximum Gasteiger partial charge on any atom is 0.160 e. The number of ketones is 1. The second-order valence-corrected chi connectivity index (χ2v) is 6.92. The van der Waals surface area contributed by atoms with Crippen LogP contribution < -0.4 is 0 Å². The molecule has 3 aliphatic rings. The molecular weight excluding hydrogens is 264 g/mol. The molecule has 3 nitrogen and oxygen atoms in total. The first-order valence-corrected chi connectivity index (χ1v) is 7.68. The number of carbonyl (C=O) groups excluding carboxylic acids is 1. The molecule has 4 atom stereocenters. The van der Waals surface area contributed by atoms with E-state index >= 15 is 0 Å². The number of hydrogen-bond donors (Lipinski definition) is 2. The van der Waals surface area contributed by atoms with Crippen molar-refractivity contribution >= 4 is 5.78 Å². The van der Waals surface area contributed by atoms with Crippen LogP contribution in [-0.2, 0) is 11.2 Å². The minimum Gasteiger partial charge on any atom is -0.504 e. The number of phenols is 2. The molecule has 21 heavy (non-hydrogen) atoms. The summed E-state index contributed by atoms with van der Waals surface area (Å²) in [5.74, 6) is -1.19. The lowest BCUT2D eigenvalue weighted by Crippen LogP contribution is -2.42. The summed E-state index contributed by atoms with van der Waals surface area (Å²) in [6.45, 7) is 1.88. The molecule has 0 spiro atoms. The van der Waals surface area contributed by atoms with E-state index in [2.05, 4.69) is 0 Å². The summed E-state index contributed by atoms with van der Waals surface area (Å²) in [4.78, 5) is 12.6. The van der Waals surface area contributed by atoms with Crippen LogP contribution in [0.1, 0.15) is 61.5 Å². The van der Waals surface area contributed by atoms with Gasteiger partial charge in [-0.25, -0.2) is 0 Å². The summed E-state index contributed by atoms with van der Waals surface area (Å²) in [5, 5.41) is 20.1. The summed E-state index contributed by atoms with van der Waals surface area (Å²) in [6, 6.07) is -0.404. The fourth-order valence-corrected chi connectivity index (χ4v) is 4.84. The van der Waals surface area contributed by atoms with Crippen LogP contribution in [0, 0.1) is 17.3 Å². The van der Waals surface area contributed by atoms with Crippen LogP contribution in [0.4, 0.5) is 0 Å². The number of hydrogen-bond acceptors (Lipinski definition) is 3. The third-order valence-electron chi connectivity index (χ3n) is 6.08. The maximum atomic E-state index is 12.6. The third-order valence-corrected chi connectivity index (χ3v) is 6.08. The van der Waals surface area contributed by atoms with Crippen molar-refractivity contribution in [3.63, 3.8) is 0 Å². The molecule has 0 saturated heterocycles. The van der Waals surface area contributed by atoms with Crippen molar-refractivity contribution in [3.8, 4) is 11.5 Å². The van der Waals surface area contributed by atoms with E-state index in [0.29, 0.717) is 36.8 Å². The van der Waals surface area contributed by atoms with Gasteiger partial charge in [-0.3, -0.25) is 4.79 Å². The molecule has 3 aliphatic carbocycles. The van der Waals surface area contributed by atoms with Gasteiger partial charge in [0.2, 0.25) is 0 Å². The fourth-order valence-electron chi connectivity index (χ4n) is 4.84. The third kappa shape index (κ3) is 1.63. The number of Topliss-reactive ketones (excluding diaryl/α,β-unsaturated/α-hetero) is 1. The number of benzene rings is 1. The number of phenolic OH excluding ortho intramolecular Hbond substituents is 2. The second-order valence-electron chi connectivity index (χ2n) is 6.92. The molecule has 112 valence electrons. The zero-order valence-electron chi connectivity index (χ0n) is 16.1. The van der Waals surface area contributed by atoms with E-state index < -0.39 is 17.5 Å². The SMILES string of the molecule is [2H]c1c([2H])c2c(c(O)c1O)CCC1C2CCC2(C)C(=O)C([2H])([2H])CC12. The molecule has 2 fully saturated rings. The molecule has 0 aliphatic heterocycles. The van der Waals surface area contributed by atoms with Crippen LogP contribution in [0.3, 0.4) is 0 Å². The lowest BCUT2D eigenvalue weighted by atomic mass is 9.55. The molecule has 3 heteroatoms. The summed E-state index contributed by atoms with van der Waals surface area (Å²) in [6.07, 6.45) is 0.796. The molecule has 1 aromatic rings. The molecule has 4 rings (SSSR count). The Bertz CT molecular complexity index is 791. The minimum atomic E-state index is -1.80. The van der Waals surface area contributed by atoms with Crippen LogP contribution in [0.15, 0.2) is 12.1 Å². The van der Waals surface area contributed by atoms with Gasteiger partial charge in [-0.05, 0) is 61.5 Å². The predicted molar refractivity (Wildman–Crippen MR) is 79.4 cm³/mol. The number of carbonyl (C=O) groups is 1. The first kappa shape index (κ1) is 9.50. The normalized spacial score (nSPS) is 42.9. The topological polar surface area (TPSA) is 57.5 Å². The number of aromatic hydroxyl groups is 2. The lowest BCUT2D eigenvalue weighted by molar-refractivity contribution is -0.129. The van der Waals surface area contributed by atoms with Gasteiger partial charge in [0.25, 0.3) is 0 Å². The Kier molecular flexibility index (Phi) is 1.92. The Morgan fingerprint density at radius 1 is 1.33 bits per heavy atom. The largest absolute Gasteiger partial charge is 0.504 e. The van der Waals surface area contributed by atoms with Crippen molar-refractivity contribution < 1.29 is 20.5 Å². The summed E-state index contributed by atoms with van der Waals surface area (Å²) in [5.41, 5.74) is 0.516. The van der Waals surface area contributed by atoms with Crippen molar-refractivity contribution in [3.05, 3.63) is 23.2 Å². The second kappa shape index (κ2) is 4.25. The standard InChI is InChI=1S/C18H22O3/c1-18-9-8-11-10-4-6-15(19)17(21)13(10)3-2-12(11)14(18)5-7-16(18)20/h4,6,11-12,14,19,21H,2-3,5,7-9H2,1H3/i4D,6D,7D2. The fraction of sp³-hybridized carbons (Fsp3) is 0.611. The van der Waals surface area contributed by atoms with Crippen LogP contribution >= 0.6 is 0 Å². The van der Waals surface area contributed by atoms with Crippen molar-refractivity contribution in [2.24, 2.45) is 17.3 Å². The van der Waals surface area contributed by atoms with Gasteiger partial charge in [0.1, 0.15) is 5.78 Å². The van der Waals surface area contributed by atoms with E-state index in [1.165, 1.54) is 0 Å². The Labute approximate surface area is 130 Å². The van der Waals surface area contributed by atoms with E-state index in [9.17, 15) is 15.0 Å². The monoisotopic (exact) mass is 290 g/mol. The molecule has 0 bridgehead atoms. The van der Waals surface area contributed by atoms with Crippen molar-refractivity contribution in [2.75, 3.05) is 0 Å². The average molecular weight is 290 g/mol. The van der Waals surface area contributed by atoms with Gasteiger partial charge < -0.3 is 10.2 Å². The molecule has 4 unspecified atom stereocenters.